The summed E-state index contributed by atoms with van der Waals surface area (Å²) >= 11 is 0. The Morgan fingerprint density at radius 3 is 2.36 bits per heavy atom. The number of Topliss-reactive ketones (excluding diaryl/α,β-unsaturated/α-hetero) is 1. The lowest BCUT2D eigenvalue weighted by Crippen LogP contribution is -2.70. The third kappa shape index (κ3) is 3.00. The predicted octanol–water partition coefficient (Wildman–Crippen LogP) is 0.967. The van der Waals surface area contributed by atoms with Gasteiger partial charge in [0.2, 0.25) is 5.79 Å². The highest BCUT2D eigenvalue weighted by Gasteiger charge is 2.92. The number of fused-ring (bicyclic) bond motifs is 9. The number of hydrogen-bond donors (Lipinski definition) is 4. The average Bonchev–Trinajstić information content (AvgIpc) is 3.83. The van der Waals surface area contributed by atoms with Crippen molar-refractivity contribution in [2.75, 3.05) is 0 Å². The molecule has 0 aromatic heterocycles. The van der Waals surface area contributed by atoms with E-state index in [1.807, 2.05) is 34.6 Å². The monoisotopic (exact) mass is 618 g/mol. The number of carbonyl (C=O) groups is 3. The van der Waals surface area contributed by atoms with Crippen LogP contribution in [-0.2, 0) is 33.3 Å². The third-order valence-electron chi connectivity index (χ3n) is 14.7. The van der Waals surface area contributed by atoms with E-state index in [0.717, 1.165) is 0 Å². The maximum Gasteiger partial charge on any atom is 0.341 e. The highest BCUT2D eigenvalue weighted by Crippen LogP contribution is 2.80. The lowest BCUT2D eigenvalue weighted by molar-refractivity contribution is -0.230. The number of aliphatic hydroxyl groups excluding tert-OH is 3. The first-order chi connectivity index (χ1) is 20.4. The lowest BCUT2D eigenvalue weighted by Gasteiger charge is -2.63. The van der Waals surface area contributed by atoms with Crippen molar-refractivity contribution in [2.45, 2.75) is 122 Å². The summed E-state index contributed by atoms with van der Waals surface area (Å²) < 4.78 is 23.8. The van der Waals surface area contributed by atoms with Gasteiger partial charge in [0, 0.05) is 40.9 Å². The molecule has 0 radical (unpaired) electrons. The number of esters is 2. The first kappa shape index (κ1) is 29.8. The van der Waals surface area contributed by atoms with Gasteiger partial charge in [0.05, 0.1) is 29.8 Å². The van der Waals surface area contributed by atoms with Crippen LogP contribution in [0.4, 0.5) is 0 Å². The van der Waals surface area contributed by atoms with Crippen LogP contribution in [0.5, 0.6) is 0 Å². The van der Waals surface area contributed by atoms with Crippen LogP contribution in [0.15, 0.2) is 0 Å². The second-order valence-corrected chi connectivity index (χ2v) is 16.7. The highest BCUT2D eigenvalue weighted by molar-refractivity contribution is 5.90. The smallest absolute Gasteiger partial charge is 0.341 e. The molecule has 5 saturated carbocycles. The molecule has 11 nitrogen and oxygen atoms in total. The van der Waals surface area contributed by atoms with E-state index < -0.39 is 112 Å². The van der Waals surface area contributed by atoms with E-state index in [1.165, 1.54) is 6.92 Å². The highest BCUT2D eigenvalue weighted by atomic mass is 16.8. The second kappa shape index (κ2) is 8.44. The van der Waals surface area contributed by atoms with Gasteiger partial charge in [-0.15, -0.1) is 0 Å². The Kier molecular flexibility index (Phi) is 5.71. The predicted molar refractivity (Wildman–Crippen MR) is 149 cm³/mol. The minimum Gasteiger partial charge on any atom is -0.454 e. The maximum absolute atomic E-state index is 14.5. The van der Waals surface area contributed by atoms with Gasteiger partial charge < -0.3 is 39.4 Å². The number of epoxide rings is 2. The largest absolute Gasteiger partial charge is 0.454 e. The molecule has 4 N–H and O–H groups in total. The van der Waals surface area contributed by atoms with Gasteiger partial charge >= 0.3 is 11.9 Å². The lowest BCUT2D eigenvalue weighted by atomic mass is 9.42. The fourth-order valence-electron chi connectivity index (χ4n) is 12.4. The van der Waals surface area contributed by atoms with Crippen LogP contribution in [-0.4, -0.2) is 92.3 Å². The fourth-order valence-corrected chi connectivity index (χ4v) is 12.4. The summed E-state index contributed by atoms with van der Waals surface area (Å²) in [4.78, 5) is 40.9. The van der Waals surface area contributed by atoms with Crippen molar-refractivity contribution in [1.82, 2.24) is 0 Å². The molecule has 44 heavy (non-hydrogen) atoms. The summed E-state index contributed by atoms with van der Waals surface area (Å²) in [5, 5.41) is 48.3. The van der Waals surface area contributed by atoms with Crippen LogP contribution in [0.1, 0.15) is 67.7 Å². The topological polar surface area (TPSA) is 176 Å². The summed E-state index contributed by atoms with van der Waals surface area (Å²) in [6.45, 7) is 12.7. The molecule has 244 valence electrons. The van der Waals surface area contributed by atoms with Crippen LogP contribution in [0.2, 0.25) is 0 Å². The molecule has 8 aliphatic rings. The Hall–Kier alpha value is -1.63. The Labute approximate surface area is 256 Å². The molecule has 3 aliphatic heterocycles. The van der Waals surface area contributed by atoms with Crippen molar-refractivity contribution in [3.63, 3.8) is 0 Å². The maximum atomic E-state index is 14.5. The first-order valence-corrected chi connectivity index (χ1v) is 16.5. The van der Waals surface area contributed by atoms with E-state index in [2.05, 4.69) is 0 Å². The third-order valence-corrected chi connectivity index (χ3v) is 14.7. The van der Waals surface area contributed by atoms with Gasteiger partial charge in [0.15, 0.2) is 17.5 Å². The molecule has 1 spiro atoms. The van der Waals surface area contributed by atoms with Crippen LogP contribution < -0.4 is 0 Å². The van der Waals surface area contributed by atoms with Crippen LogP contribution in [0.3, 0.4) is 0 Å². The molecule has 8 fully saturated rings. The summed E-state index contributed by atoms with van der Waals surface area (Å²) in [6, 6.07) is 0. The molecule has 3 heterocycles. The van der Waals surface area contributed by atoms with Crippen molar-refractivity contribution >= 4 is 17.7 Å². The number of ether oxygens (including phenoxy) is 4. The summed E-state index contributed by atoms with van der Waals surface area (Å²) in [7, 11) is 0. The van der Waals surface area contributed by atoms with E-state index in [0.29, 0.717) is 6.42 Å². The molecular formula is C33H46O11. The SMILES string of the molecule is CC(C)CC(=O)O[C@H]1C(=O)[C@H]2C[C@@H]3O[C@@H]3[C@H](O)[C@]2(C)[C@H]2C[C@H](O)[C@@]3(C)[C@@H]([C@@H](O)[C@@H]4[C@@H]3[C@H](C)[C@H]3O[C@]35OC(=O)[C@@](C)(O)[C@]45C)[C@H]12. The summed E-state index contributed by atoms with van der Waals surface area (Å²) in [5.41, 5.74) is -5.32. The van der Waals surface area contributed by atoms with Crippen molar-refractivity contribution < 1.29 is 53.8 Å². The van der Waals surface area contributed by atoms with Gasteiger partial charge in [0.25, 0.3) is 0 Å². The molecule has 0 aromatic carbocycles. The van der Waals surface area contributed by atoms with Crippen molar-refractivity contribution in [2.24, 2.45) is 63.6 Å². The molecule has 5 aliphatic carbocycles. The van der Waals surface area contributed by atoms with Crippen LogP contribution >= 0.6 is 0 Å². The zero-order valence-electron chi connectivity index (χ0n) is 26.4. The van der Waals surface area contributed by atoms with E-state index in [4.69, 9.17) is 18.9 Å². The number of carbonyl (C=O) groups excluding carboxylic acids is 3. The standard InChI is InChI=1S/C33H46O11/c1-11(2)8-17(35)42-25-18-13(29(4)14(22(25)36)9-15-24(41-15)26(29)38)10-16(34)30(5)19-12(3)27-33(43-27)31(6,21(19)23(37)20(18)30)32(7,40)28(39)44-33/h11-16,18-21,23-27,34,37-38,40H,8-10H2,1-7H3/t12-,13-,14+,15-,16-,18+,19-,20+,21-,23+,24-,25+,26-,27+,29+,30+,31-,32+,33-/m0/s1. The molecule has 0 amide bonds. The Morgan fingerprint density at radius 2 is 1.70 bits per heavy atom. The quantitative estimate of drug-likeness (QED) is 0.262. The van der Waals surface area contributed by atoms with Crippen LogP contribution in [0, 0.1) is 63.6 Å². The summed E-state index contributed by atoms with van der Waals surface area (Å²) in [6.07, 6.45) is -4.72. The normalized spacial score (nSPS) is 62.7. The number of ketones is 1. The number of aliphatic hydroxyl groups is 4. The van der Waals surface area contributed by atoms with Gasteiger partial charge in [-0.25, -0.2) is 4.79 Å². The number of hydrogen-bond acceptors (Lipinski definition) is 11. The molecule has 8 rings (SSSR count). The minimum atomic E-state index is -1.99. The van der Waals surface area contributed by atoms with E-state index in [9.17, 15) is 34.8 Å². The molecule has 0 aromatic rings. The van der Waals surface area contributed by atoms with Crippen molar-refractivity contribution in [3.8, 4) is 0 Å². The van der Waals surface area contributed by atoms with E-state index in [-0.39, 0.29) is 36.6 Å². The van der Waals surface area contributed by atoms with Gasteiger partial charge in [-0.3, -0.25) is 9.59 Å². The van der Waals surface area contributed by atoms with E-state index >= 15 is 0 Å². The summed E-state index contributed by atoms with van der Waals surface area (Å²) in [5.74, 6) is -7.01. The molecule has 3 saturated heterocycles. The Morgan fingerprint density at radius 1 is 1.02 bits per heavy atom. The molecule has 0 unspecified atom stereocenters. The van der Waals surface area contributed by atoms with Crippen molar-refractivity contribution in [1.29, 1.82) is 0 Å². The average molecular weight is 619 g/mol. The van der Waals surface area contributed by atoms with Crippen LogP contribution in [0.25, 0.3) is 0 Å². The zero-order valence-corrected chi connectivity index (χ0v) is 26.4. The Bertz CT molecular complexity index is 1350. The second-order valence-electron chi connectivity index (χ2n) is 16.7. The van der Waals surface area contributed by atoms with Gasteiger partial charge in [-0.2, -0.15) is 0 Å². The molecule has 11 heteroatoms. The first-order valence-electron chi connectivity index (χ1n) is 16.5. The van der Waals surface area contributed by atoms with Gasteiger partial charge in [0.1, 0.15) is 12.2 Å². The zero-order chi connectivity index (χ0) is 31.8. The Balaban J connectivity index is 1.29. The fraction of sp³-hybridized carbons (Fsp3) is 0.909. The number of rotatable bonds is 3. The van der Waals surface area contributed by atoms with Gasteiger partial charge in [-0.05, 0) is 50.4 Å². The van der Waals surface area contributed by atoms with E-state index in [1.54, 1.807) is 6.92 Å². The minimum absolute atomic E-state index is 0.00335. The van der Waals surface area contributed by atoms with Gasteiger partial charge in [-0.1, -0.05) is 34.6 Å². The molecular weight excluding hydrogens is 572 g/mol. The molecule has 19 atom stereocenters. The molecule has 0 bridgehead atoms. The van der Waals surface area contributed by atoms with Crippen molar-refractivity contribution in [3.05, 3.63) is 0 Å².